The van der Waals surface area contributed by atoms with Crippen molar-refractivity contribution in [3.63, 3.8) is 0 Å². The van der Waals surface area contributed by atoms with E-state index in [0.29, 0.717) is 35.2 Å². The molecular formula is C32H23F5N4O4. The van der Waals surface area contributed by atoms with E-state index in [1.165, 1.54) is 29.7 Å². The second kappa shape index (κ2) is 9.65. The zero-order valence-corrected chi connectivity index (χ0v) is 23.7. The largest absolute Gasteiger partial charge is 0.586 e. The summed E-state index contributed by atoms with van der Waals surface area (Å²) in [5.41, 5.74) is 7.32. The van der Waals surface area contributed by atoms with E-state index >= 15 is 0 Å². The van der Waals surface area contributed by atoms with Gasteiger partial charge in [-0.3, -0.25) is 4.79 Å². The van der Waals surface area contributed by atoms with E-state index in [4.69, 9.17) is 10.2 Å². The average molecular weight is 623 g/mol. The number of rotatable bonds is 6. The first-order valence-corrected chi connectivity index (χ1v) is 13.8. The predicted octanol–water partition coefficient (Wildman–Crippen LogP) is 7.34. The van der Waals surface area contributed by atoms with Crippen LogP contribution in [0.4, 0.5) is 22.0 Å². The Morgan fingerprint density at radius 3 is 2.31 bits per heavy atom. The molecule has 1 saturated carbocycles. The molecule has 5 aromatic rings. The fraction of sp³-hybridized carbons (Fsp3) is 0.219. The molecule has 45 heavy (non-hydrogen) atoms. The summed E-state index contributed by atoms with van der Waals surface area (Å²) >= 11 is 0. The molecule has 0 unspecified atom stereocenters. The Labute approximate surface area is 252 Å². The van der Waals surface area contributed by atoms with Gasteiger partial charge in [0.15, 0.2) is 28.8 Å². The minimum absolute atomic E-state index is 0.0718. The van der Waals surface area contributed by atoms with Gasteiger partial charge in [-0.05, 0) is 66.8 Å². The molecule has 0 bridgehead atoms. The molecule has 1 aliphatic carbocycles. The number of alkyl halides is 5. The molecule has 1 amide bonds. The van der Waals surface area contributed by atoms with Crippen LogP contribution in [0.25, 0.3) is 39.4 Å². The first kappa shape index (κ1) is 28.6. The van der Waals surface area contributed by atoms with Gasteiger partial charge < -0.3 is 24.2 Å². The molecule has 0 radical (unpaired) electrons. The maximum absolute atomic E-state index is 13.7. The summed E-state index contributed by atoms with van der Waals surface area (Å²) in [5.74, 6) is -0.328. The van der Waals surface area contributed by atoms with Gasteiger partial charge in [0.25, 0.3) is 0 Å². The van der Waals surface area contributed by atoms with Gasteiger partial charge >= 0.3 is 12.5 Å². The zero-order valence-electron chi connectivity index (χ0n) is 23.7. The van der Waals surface area contributed by atoms with Gasteiger partial charge in [0.2, 0.25) is 5.91 Å². The van der Waals surface area contributed by atoms with E-state index in [0.717, 1.165) is 17.3 Å². The van der Waals surface area contributed by atoms with Crippen molar-refractivity contribution in [3.05, 3.63) is 89.8 Å². The van der Waals surface area contributed by atoms with Crippen LogP contribution in [0.5, 0.6) is 11.5 Å². The number of ether oxygens (including phenoxy) is 2. The standard InChI is InChI=1S/C32H23F5N4O4/c1-16-39-26(31(33,34)35)15-41(16)23-8-6-19(18-4-3-5-21(12-18)30(10-11-30)29(38)42)13-22(23)27-28(43-17(2)40-27)20-7-9-24-25(14-20)45-32(36,37)44-24/h3-9,12-15H,10-11H2,1-2H3,(H2,38,42). The van der Waals surface area contributed by atoms with Crippen molar-refractivity contribution in [2.75, 3.05) is 0 Å². The molecule has 13 heteroatoms. The number of nitrogens with two attached hydrogens (primary N) is 1. The summed E-state index contributed by atoms with van der Waals surface area (Å²) in [6.07, 6.45) is -6.34. The van der Waals surface area contributed by atoms with Gasteiger partial charge in [0, 0.05) is 24.2 Å². The van der Waals surface area contributed by atoms with Crippen LogP contribution in [0.2, 0.25) is 0 Å². The quantitative estimate of drug-likeness (QED) is 0.199. The van der Waals surface area contributed by atoms with Crippen molar-refractivity contribution in [3.8, 4) is 50.9 Å². The highest BCUT2D eigenvalue weighted by atomic mass is 19.4. The SMILES string of the molecule is Cc1nc(-c2cc(-c3cccc(C4(C(N)=O)CC4)c3)ccc2-n2cc(C(F)(F)F)nc2C)c(-c2ccc3c(c2)OC(F)(F)O3)o1. The Morgan fingerprint density at radius 1 is 0.911 bits per heavy atom. The van der Waals surface area contributed by atoms with Crippen LogP contribution >= 0.6 is 0 Å². The van der Waals surface area contributed by atoms with Gasteiger partial charge in [-0.15, -0.1) is 8.78 Å². The summed E-state index contributed by atoms with van der Waals surface area (Å²) in [6, 6.07) is 16.6. The van der Waals surface area contributed by atoms with Gasteiger partial charge in [-0.1, -0.05) is 30.3 Å². The lowest BCUT2D eigenvalue weighted by Gasteiger charge is -2.16. The Balaban J connectivity index is 1.41. The van der Waals surface area contributed by atoms with Crippen molar-refractivity contribution in [1.29, 1.82) is 0 Å². The fourth-order valence-corrected chi connectivity index (χ4v) is 5.66. The number of imidazole rings is 1. The second-order valence-corrected chi connectivity index (χ2v) is 11.0. The van der Waals surface area contributed by atoms with Crippen LogP contribution in [-0.4, -0.2) is 26.7 Å². The molecule has 8 nitrogen and oxygen atoms in total. The maximum atomic E-state index is 13.7. The molecule has 230 valence electrons. The van der Waals surface area contributed by atoms with Gasteiger partial charge in [-0.25, -0.2) is 9.97 Å². The highest BCUT2D eigenvalue weighted by Crippen LogP contribution is 2.49. The lowest BCUT2D eigenvalue weighted by molar-refractivity contribution is -0.286. The third-order valence-corrected chi connectivity index (χ3v) is 8.05. The first-order chi connectivity index (χ1) is 21.2. The Morgan fingerprint density at radius 2 is 1.62 bits per heavy atom. The number of fused-ring (bicyclic) bond motifs is 1. The molecule has 1 aliphatic heterocycles. The Kier molecular flexibility index (Phi) is 6.12. The monoisotopic (exact) mass is 622 g/mol. The van der Waals surface area contributed by atoms with Crippen LogP contribution in [-0.2, 0) is 16.4 Å². The number of carbonyl (C=O) groups excluding carboxylic acids is 1. The average Bonchev–Trinajstić information content (AvgIpc) is 3.43. The van der Waals surface area contributed by atoms with Crippen LogP contribution in [0.1, 0.15) is 35.8 Å². The van der Waals surface area contributed by atoms with Gasteiger partial charge in [0.05, 0.1) is 11.1 Å². The van der Waals surface area contributed by atoms with Crippen molar-refractivity contribution in [2.24, 2.45) is 5.73 Å². The third kappa shape index (κ3) is 4.88. The number of aromatic nitrogens is 3. The van der Waals surface area contributed by atoms with E-state index < -0.39 is 29.5 Å². The van der Waals surface area contributed by atoms with E-state index in [1.54, 1.807) is 25.1 Å². The lowest BCUT2D eigenvalue weighted by atomic mass is 9.91. The van der Waals surface area contributed by atoms with Gasteiger partial charge in [-0.2, -0.15) is 13.2 Å². The van der Waals surface area contributed by atoms with Crippen molar-refractivity contribution >= 4 is 5.91 Å². The summed E-state index contributed by atoms with van der Waals surface area (Å²) < 4.78 is 84.8. The smallest absolute Gasteiger partial charge is 0.440 e. The maximum Gasteiger partial charge on any atom is 0.586 e. The van der Waals surface area contributed by atoms with E-state index in [9.17, 15) is 26.7 Å². The summed E-state index contributed by atoms with van der Waals surface area (Å²) in [6.45, 7) is 3.03. The molecular weight excluding hydrogens is 599 g/mol. The third-order valence-electron chi connectivity index (χ3n) is 8.05. The number of benzene rings is 3. The summed E-state index contributed by atoms with van der Waals surface area (Å²) in [4.78, 5) is 20.5. The number of halogens is 5. The summed E-state index contributed by atoms with van der Waals surface area (Å²) in [7, 11) is 0. The first-order valence-electron chi connectivity index (χ1n) is 13.8. The number of hydrogen-bond acceptors (Lipinski definition) is 6. The predicted molar refractivity (Wildman–Crippen MR) is 151 cm³/mol. The van der Waals surface area contributed by atoms with Crippen LogP contribution in [0.15, 0.2) is 71.3 Å². The van der Waals surface area contributed by atoms with E-state index in [1.807, 2.05) is 24.3 Å². The van der Waals surface area contributed by atoms with Crippen LogP contribution < -0.4 is 15.2 Å². The van der Waals surface area contributed by atoms with E-state index in [2.05, 4.69) is 19.4 Å². The molecule has 0 saturated heterocycles. The molecule has 7 rings (SSSR count). The minimum atomic E-state index is -4.68. The molecule has 2 N–H and O–H groups in total. The number of aryl methyl sites for hydroxylation is 2. The number of hydrogen-bond donors (Lipinski definition) is 1. The Bertz CT molecular complexity index is 2010. The molecule has 1 fully saturated rings. The molecule has 2 aliphatic rings. The van der Waals surface area contributed by atoms with Crippen molar-refractivity contribution < 1.29 is 40.6 Å². The fourth-order valence-electron chi connectivity index (χ4n) is 5.66. The molecule has 0 spiro atoms. The Hall–Kier alpha value is -5.20. The number of primary amides is 1. The number of nitrogens with zero attached hydrogens (tertiary/aromatic N) is 3. The lowest BCUT2D eigenvalue weighted by Crippen LogP contribution is -2.28. The summed E-state index contributed by atoms with van der Waals surface area (Å²) in [5, 5.41) is 0. The topological polar surface area (TPSA) is 105 Å². The normalized spacial score (nSPS) is 16.2. The minimum Gasteiger partial charge on any atom is -0.440 e. The molecule has 3 heterocycles. The van der Waals surface area contributed by atoms with Crippen LogP contribution in [0, 0.1) is 13.8 Å². The number of oxazole rings is 1. The molecule has 0 atom stereocenters. The zero-order chi connectivity index (χ0) is 31.9. The molecule has 2 aromatic heterocycles. The molecule has 3 aromatic carbocycles. The van der Waals surface area contributed by atoms with E-state index in [-0.39, 0.29) is 34.7 Å². The van der Waals surface area contributed by atoms with Gasteiger partial charge in [0.1, 0.15) is 11.5 Å². The number of carbonyl (C=O) groups is 1. The van der Waals surface area contributed by atoms with Crippen molar-refractivity contribution in [1.82, 2.24) is 14.5 Å². The second-order valence-electron chi connectivity index (χ2n) is 11.0. The van der Waals surface area contributed by atoms with Crippen LogP contribution in [0.3, 0.4) is 0 Å². The highest BCUT2D eigenvalue weighted by Gasteiger charge is 2.50. The van der Waals surface area contributed by atoms with Crippen molar-refractivity contribution in [2.45, 2.75) is 44.6 Å². The highest BCUT2D eigenvalue weighted by molar-refractivity contribution is 5.91. The number of amides is 1.